The van der Waals surface area contributed by atoms with Crippen LogP contribution < -0.4 is 5.46 Å². The normalized spacial score (nSPS) is 12.4. The summed E-state index contributed by atoms with van der Waals surface area (Å²) in [5, 5.41) is 12.6. The predicted molar refractivity (Wildman–Crippen MR) is 143 cm³/mol. The summed E-state index contributed by atoms with van der Waals surface area (Å²) in [7, 11) is 0.394. The molecule has 34 heavy (non-hydrogen) atoms. The van der Waals surface area contributed by atoms with E-state index in [1.54, 1.807) is 13.8 Å². The standard InChI is InChI=1S/C30H29BO3/c1-29(2,32)30(3,4)34-31-23-15-16-24-26(19-23)33-27-18-22(20-11-7-5-8-12-20)17-25(28(24)27)21-13-9-6-10-14-21/h5-19,31-32H,1-4H3. The highest BCUT2D eigenvalue weighted by molar-refractivity contribution is 6.47. The van der Waals surface area contributed by atoms with Crippen LogP contribution in [0.1, 0.15) is 27.7 Å². The molecule has 170 valence electrons. The third-order valence-electron chi connectivity index (χ3n) is 6.90. The van der Waals surface area contributed by atoms with Gasteiger partial charge in [0.2, 0.25) is 0 Å². The lowest BCUT2D eigenvalue weighted by molar-refractivity contribution is -0.0893. The Hall–Kier alpha value is -3.34. The summed E-state index contributed by atoms with van der Waals surface area (Å²) >= 11 is 0. The molecule has 0 aliphatic rings. The van der Waals surface area contributed by atoms with Gasteiger partial charge in [-0.2, -0.15) is 0 Å². The van der Waals surface area contributed by atoms with Crippen molar-refractivity contribution in [2.24, 2.45) is 0 Å². The van der Waals surface area contributed by atoms with Crippen molar-refractivity contribution in [3.05, 3.63) is 91.0 Å². The van der Waals surface area contributed by atoms with Gasteiger partial charge in [-0.05, 0) is 73.6 Å². The van der Waals surface area contributed by atoms with E-state index >= 15 is 0 Å². The number of fused-ring (bicyclic) bond motifs is 3. The van der Waals surface area contributed by atoms with E-state index in [9.17, 15) is 5.11 Å². The Morgan fingerprint density at radius 3 is 2.00 bits per heavy atom. The summed E-state index contributed by atoms with van der Waals surface area (Å²) in [6.45, 7) is 7.35. The minimum Gasteiger partial charge on any atom is -0.456 e. The van der Waals surface area contributed by atoms with Gasteiger partial charge >= 0.3 is 7.48 Å². The topological polar surface area (TPSA) is 42.6 Å². The number of aliphatic hydroxyl groups is 1. The fraction of sp³-hybridized carbons (Fsp3) is 0.200. The van der Waals surface area contributed by atoms with Gasteiger partial charge in [-0.3, -0.25) is 0 Å². The van der Waals surface area contributed by atoms with Crippen molar-refractivity contribution < 1.29 is 14.2 Å². The smallest absolute Gasteiger partial charge is 0.309 e. The number of furan rings is 1. The third kappa shape index (κ3) is 4.15. The average Bonchev–Trinajstić information content (AvgIpc) is 3.20. The minimum atomic E-state index is -0.950. The molecule has 0 atom stereocenters. The maximum Gasteiger partial charge on any atom is 0.309 e. The molecule has 0 spiro atoms. The molecule has 1 heterocycles. The van der Waals surface area contributed by atoms with Crippen molar-refractivity contribution in [3.8, 4) is 22.3 Å². The second-order valence-corrected chi connectivity index (χ2v) is 9.92. The molecular weight excluding hydrogens is 419 g/mol. The van der Waals surface area contributed by atoms with E-state index in [1.165, 1.54) is 0 Å². The van der Waals surface area contributed by atoms with Gasteiger partial charge in [-0.15, -0.1) is 0 Å². The van der Waals surface area contributed by atoms with Crippen LogP contribution in [-0.4, -0.2) is 23.8 Å². The zero-order valence-corrected chi connectivity index (χ0v) is 20.1. The number of rotatable bonds is 6. The van der Waals surface area contributed by atoms with E-state index in [2.05, 4.69) is 72.8 Å². The molecule has 0 saturated carbocycles. The van der Waals surface area contributed by atoms with E-state index in [1.807, 2.05) is 32.0 Å². The monoisotopic (exact) mass is 448 g/mol. The van der Waals surface area contributed by atoms with E-state index < -0.39 is 11.2 Å². The molecule has 3 nitrogen and oxygen atoms in total. The van der Waals surface area contributed by atoms with E-state index in [4.69, 9.17) is 9.07 Å². The Labute approximate surface area is 201 Å². The van der Waals surface area contributed by atoms with Crippen molar-refractivity contribution in [1.29, 1.82) is 0 Å². The van der Waals surface area contributed by atoms with Gasteiger partial charge in [-0.25, -0.2) is 0 Å². The fourth-order valence-electron chi connectivity index (χ4n) is 4.12. The van der Waals surface area contributed by atoms with Gasteiger partial charge in [0.1, 0.15) is 11.2 Å². The summed E-state index contributed by atoms with van der Waals surface area (Å²) in [6.07, 6.45) is 0. The highest BCUT2D eigenvalue weighted by atomic mass is 16.5. The lowest BCUT2D eigenvalue weighted by Gasteiger charge is -2.37. The van der Waals surface area contributed by atoms with Crippen molar-refractivity contribution in [2.45, 2.75) is 38.9 Å². The molecule has 0 saturated heterocycles. The fourth-order valence-corrected chi connectivity index (χ4v) is 4.12. The Kier molecular flexibility index (Phi) is 5.59. The molecule has 1 N–H and O–H groups in total. The second kappa shape index (κ2) is 8.46. The summed E-state index contributed by atoms with van der Waals surface area (Å²) in [4.78, 5) is 0. The predicted octanol–water partition coefficient (Wildman–Crippen LogP) is 6.46. The summed E-state index contributed by atoms with van der Waals surface area (Å²) < 4.78 is 12.5. The first kappa shape index (κ1) is 22.5. The molecule has 0 unspecified atom stereocenters. The quantitative estimate of drug-likeness (QED) is 0.303. The van der Waals surface area contributed by atoms with Gasteiger partial charge in [0.05, 0.1) is 11.2 Å². The van der Waals surface area contributed by atoms with Gasteiger partial charge < -0.3 is 14.2 Å². The van der Waals surface area contributed by atoms with Crippen molar-refractivity contribution in [1.82, 2.24) is 0 Å². The van der Waals surface area contributed by atoms with E-state index in [0.717, 1.165) is 49.7 Å². The molecule has 5 aromatic rings. The highest BCUT2D eigenvalue weighted by Gasteiger charge is 2.35. The Morgan fingerprint density at radius 1 is 0.706 bits per heavy atom. The van der Waals surface area contributed by atoms with Gasteiger partial charge in [0.25, 0.3) is 0 Å². The molecular formula is C30H29BO3. The molecule has 0 radical (unpaired) electrons. The first-order valence-corrected chi connectivity index (χ1v) is 11.7. The SMILES string of the molecule is CC(C)(O)C(C)(C)OBc1ccc2c(c1)oc1cc(-c3ccccc3)cc(-c3ccccc3)c12. The number of benzene rings is 4. The first-order chi connectivity index (χ1) is 16.2. The van der Waals surface area contributed by atoms with Crippen molar-refractivity contribution in [2.75, 3.05) is 0 Å². The van der Waals surface area contributed by atoms with Crippen LogP contribution in [0.15, 0.2) is 95.4 Å². The molecule has 0 fully saturated rings. The van der Waals surface area contributed by atoms with E-state index in [-0.39, 0.29) is 0 Å². The number of hydrogen-bond donors (Lipinski definition) is 1. The lowest BCUT2D eigenvalue weighted by atomic mass is 9.82. The zero-order chi connectivity index (χ0) is 23.9. The molecule has 0 aliphatic carbocycles. The maximum atomic E-state index is 10.4. The second-order valence-electron chi connectivity index (χ2n) is 9.92. The summed E-state index contributed by atoms with van der Waals surface area (Å²) in [5.41, 5.74) is 5.68. The molecule has 5 rings (SSSR count). The largest absolute Gasteiger partial charge is 0.456 e. The van der Waals surface area contributed by atoms with Crippen LogP contribution in [-0.2, 0) is 4.65 Å². The highest BCUT2D eigenvalue weighted by Crippen LogP contribution is 2.39. The van der Waals surface area contributed by atoms with Crippen LogP contribution in [0.5, 0.6) is 0 Å². The van der Waals surface area contributed by atoms with Gasteiger partial charge in [0.15, 0.2) is 0 Å². The Morgan fingerprint density at radius 2 is 1.35 bits per heavy atom. The summed E-state index contributed by atoms with van der Waals surface area (Å²) in [6, 6.07) is 31.5. The van der Waals surface area contributed by atoms with Crippen LogP contribution in [0.25, 0.3) is 44.2 Å². The average molecular weight is 448 g/mol. The van der Waals surface area contributed by atoms with Crippen LogP contribution in [0.2, 0.25) is 0 Å². The Bertz CT molecular complexity index is 1450. The van der Waals surface area contributed by atoms with Crippen LogP contribution in [0.3, 0.4) is 0 Å². The number of hydrogen-bond acceptors (Lipinski definition) is 3. The van der Waals surface area contributed by atoms with Crippen molar-refractivity contribution >= 4 is 34.9 Å². The van der Waals surface area contributed by atoms with Crippen LogP contribution >= 0.6 is 0 Å². The molecule has 4 heteroatoms. The van der Waals surface area contributed by atoms with Gasteiger partial charge in [-0.1, -0.05) is 72.8 Å². The van der Waals surface area contributed by atoms with E-state index in [0.29, 0.717) is 7.48 Å². The molecule has 0 aliphatic heterocycles. The lowest BCUT2D eigenvalue weighted by Crippen LogP contribution is -2.49. The Balaban J connectivity index is 1.63. The molecule has 0 bridgehead atoms. The van der Waals surface area contributed by atoms with Crippen LogP contribution in [0.4, 0.5) is 0 Å². The maximum absolute atomic E-state index is 10.4. The third-order valence-corrected chi connectivity index (χ3v) is 6.90. The first-order valence-electron chi connectivity index (χ1n) is 11.7. The minimum absolute atomic E-state index is 0.394. The molecule has 0 amide bonds. The summed E-state index contributed by atoms with van der Waals surface area (Å²) in [5.74, 6) is 0. The van der Waals surface area contributed by atoms with Gasteiger partial charge in [0, 0.05) is 10.8 Å². The zero-order valence-electron chi connectivity index (χ0n) is 20.1. The molecule has 4 aromatic carbocycles. The van der Waals surface area contributed by atoms with Crippen LogP contribution in [0, 0.1) is 0 Å². The van der Waals surface area contributed by atoms with Crippen molar-refractivity contribution in [3.63, 3.8) is 0 Å². The molecule has 1 aromatic heterocycles.